The number of rotatable bonds is 6. The summed E-state index contributed by atoms with van der Waals surface area (Å²) < 4.78 is 64.7. The van der Waals surface area contributed by atoms with Crippen molar-refractivity contribution >= 4 is 12.0 Å². The highest BCUT2D eigenvalue weighted by Gasteiger charge is 2.45. The molecule has 7 nitrogen and oxygen atoms in total. The third kappa shape index (κ3) is 7.73. The van der Waals surface area contributed by atoms with Crippen molar-refractivity contribution in [1.29, 1.82) is 0 Å². The third-order valence-corrected chi connectivity index (χ3v) is 7.71. The molecule has 4 rings (SSSR count). The molecule has 42 heavy (non-hydrogen) atoms. The first-order valence-electron chi connectivity index (χ1n) is 14.2. The maximum atomic E-state index is 15.3. The van der Waals surface area contributed by atoms with Gasteiger partial charge in [-0.05, 0) is 69.0 Å². The van der Waals surface area contributed by atoms with Crippen LogP contribution in [0.5, 0.6) is 5.75 Å². The Morgan fingerprint density at radius 2 is 1.52 bits per heavy atom. The van der Waals surface area contributed by atoms with Crippen LogP contribution >= 0.6 is 0 Å². The van der Waals surface area contributed by atoms with Gasteiger partial charge in [-0.15, -0.1) is 0 Å². The van der Waals surface area contributed by atoms with Gasteiger partial charge in [0, 0.05) is 26.2 Å². The van der Waals surface area contributed by atoms with Crippen molar-refractivity contribution in [3.8, 4) is 5.75 Å². The number of amides is 2. The first kappa shape index (κ1) is 31.6. The number of ether oxygens (including phenoxy) is 2. The van der Waals surface area contributed by atoms with E-state index < -0.39 is 40.8 Å². The Morgan fingerprint density at radius 3 is 2.07 bits per heavy atom. The second-order valence-corrected chi connectivity index (χ2v) is 12.1. The molecule has 1 unspecified atom stereocenters. The fourth-order valence-electron chi connectivity index (χ4n) is 5.52. The van der Waals surface area contributed by atoms with Crippen LogP contribution in [0.3, 0.4) is 0 Å². The normalized spacial score (nSPS) is 18.4. The predicted octanol–water partition coefficient (Wildman–Crippen LogP) is 6.28. The predicted molar refractivity (Wildman–Crippen MR) is 147 cm³/mol. The average molecular weight is 595 g/mol. The van der Waals surface area contributed by atoms with Gasteiger partial charge in [-0.25, -0.2) is 9.18 Å². The van der Waals surface area contributed by atoms with Crippen LogP contribution in [-0.2, 0) is 22.3 Å². The number of hydrogen-bond donors (Lipinski definition) is 1. The number of carbonyl (C=O) groups excluding carboxylic acids is 2. The van der Waals surface area contributed by atoms with E-state index >= 15 is 4.39 Å². The van der Waals surface area contributed by atoms with E-state index in [-0.39, 0.29) is 44.4 Å². The largest absolute Gasteiger partial charge is 0.486 e. The maximum Gasteiger partial charge on any atom is 0.416 e. The Kier molecular flexibility index (Phi) is 9.39. The number of hydrogen-bond acceptors (Lipinski definition) is 5. The van der Waals surface area contributed by atoms with Crippen LogP contribution in [0.4, 0.5) is 22.4 Å². The van der Waals surface area contributed by atoms with Crippen LogP contribution in [0.25, 0.3) is 0 Å². The fourth-order valence-corrected chi connectivity index (χ4v) is 5.52. The van der Waals surface area contributed by atoms with Crippen LogP contribution in [0, 0.1) is 5.82 Å². The highest BCUT2D eigenvalue weighted by Crippen LogP contribution is 2.42. The standard InChI is InChI=1S/C31H38F4N2O5/c1-29(2,3)42-28(39)37-17-15-36(16-18-37)27(38)26(30(40)13-5-4-6-14-30)22-9-12-25(24(32)19-22)41-20-21-7-10-23(11-8-21)31(33,34)35/h7-12,19,26,40H,4-6,13-18,20H2,1-3H3. The lowest BCUT2D eigenvalue weighted by molar-refractivity contribution is -0.143. The summed E-state index contributed by atoms with van der Waals surface area (Å²) in [5.74, 6) is -2.21. The fraction of sp³-hybridized carbons (Fsp3) is 0.548. The number of nitrogens with zero attached hydrogens (tertiary/aromatic N) is 2. The summed E-state index contributed by atoms with van der Waals surface area (Å²) in [5, 5.41) is 11.7. The van der Waals surface area contributed by atoms with E-state index in [2.05, 4.69) is 0 Å². The minimum atomic E-state index is -4.45. The Bertz CT molecular complexity index is 1250. The summed E-state index contributed by atoms with van der Waals surface area (Å²) in [5.41, 5.74) is -2.03. The van der Waals surface area contributed by atoms with E-state index in [9.17, 15) is 27.9 Å². The zero-order chi connectivity index (χ0) is 30.7. The molecule has 0 aromatic heterocycles. The van der Waals surface area contributed by atoms with Crippen LogP contribution in [0.2, 0.25) is 0 Å². The van der Waals surface area contributed by atoms with Gasteiger partial charge in [0.15, 0.2) is 11.6 Å². The van der Waals surface area contributed by atoms with Crippen molar-refractivity contribution in [2.45, 2.75) is 82.8 Å². The lowest BCUT2D eigenvalue weighted by Crippen LogP contribution is -2.55. The number of alkyl halides is 3. The van der Waals surface area contributed by atoms with Crippen molar-refractivity contribution < 1.29 is 41.7 Å². The topological polar surface area (TPSA) is 79.3 Å². The molecule has 1 saturated carbocycles. The number of aliphatic hydroxyl groups is 1. The minimum absolute atomic E-state index is 0.119. The Balaban J connectivity index is 1.49. The molecule has 0 radical (unpaired) electrons. The molecule has 230 valence electrons. The van der Waals surface area contributed by atoms with Gasteiger partial charge >= 0.3 is 12.3 Å². The molecule has 1 aliphatic heterocycles. The summed E-state index contributed by atoms with van der Waals surface area (Å²) in [6.45, 7) is 6.25. The zero-order valence-electron chi connectivity index (χ0n) is 24.2. The van der Waals surface area contributed by atoms with Gasteiger partial charge in [0.05, 0.1) is 17.1 Å². The zero-order valence-corrected chi connectivity index (χ0v) is 24.2. The van der Waals surface area contributed by atoms with Crippen molar-refractivity contribution in [2.24, 2.45) is 0 Å². The van der Waals surface area contributed by atoms with Gasteiger partial charge in [-0.3, -0.25) is 4.79 Å². The highest BCUT2D eigenvalue weighted by molar-refractivity contribution is 5.85. The first-order chi connectivity index (χ1) is 19.7. The van der Waals surface area contributed by atoms with Crippen LogP contribution in [0.15, 0.2) is 42.5 Å². The monoisotopic (exact) mass is 594 g/mol. The molecule has 2 fully saturated rings. The van der Waals surface area contributed by atoms with Gasteiger partial charge < -0.3 is 24.4 Å². The van der Waals surface area contributed by atoms with Crippen molar-refractivity contribution in [3.63, 3.8) is 0 Å². The van der Waals surface area contributed by atoms with E-state index in [4.69, 9.17) is 9.47 Å². The Hall–Kier alpha value is -3.34. The first-order valence-corrected chi connectivity index (χ1v) is 14.2. The molecule has 1 atom stereocenters. The smallest absolute Gasteiger partial charge is 0.416 e. The number of halogens is 4. The van der Waals surface area contributed by atoms with Gasteiger partial charge in [0.1, 0.15) is 12.2 Å². The average Bonchev–Trinajstić information content (AvgIpc) is 2.92. The lowest BCUT2D eigenvalue weighted by atomic mass is 9.72. The molecule has 1 aliphatic carbocycles. The number of carbonyl (C=O) groups is 2. The summed E-state index contributed by atoms with van der Waals surface area (Å²) in [6.07, 6.45) is -1.70. The van der Waals surface area contributed by atoms with Crippen molar-refractivity contribution in [3.05, 3.63) is 65.0 Å². The molecular weight excluding hydrogens is 556 g/mol. The minimum Gasteiger partial charge on any atom is -0.486 e. The summed E-state index contributed by atoms with van der Waals surface area (Å²) >= 11 is 0. The quantitative estimate of drug-likeness (QED) is 0.399. The van der Waals surface area contributed by atoms with Crippen LogP contribution in [0.1, 0.15) is 75.5 Å². The second-order valence-electron chi connectivity index (χ2n) is 12.1. The molecule has 1 saturated heterocycles. The van der Waals surface area contributed by atoms with E-state index in [1.807, 2.05) is 0 Å². The number of piperazine rings is 1. The summed E-state index contributed by atoms with van der Waals surface area (Å²) in [7, 11) is 0. The Morgan fingerprint density at radius 1 is 0.929 bits per heavy atom. The third-order valence-electron chi connectivity index (χ3n) is 7.71. The van der Waals surface area contributed by atoms with Gasteiger partial charge in [0.2, 0.25) is 5.91 Å². The van der Waals surface area contributed by atoms with Gasteiger partial charge in [-0.2, -0.15) is 13.2 Å². The second kappa shape index (κ2) is 12.5. The summed E-state index contributed by atoms with van der Waals surface area (Å²) in [6, 6.07) is 8.53. The number of benzene rings is 2. The van der Waals surface area contributed by atoms with Gasteiger partial charge in [-0.1, -0.05) is 37.5 Å². The maximum absolute atomic E-state index is 15.3. The summed E-state index contributed by atoms with van der Waals surface area (Å²) in [4.78, 5) is 29.5. The Labute approximate surface area is 243 Å². The van der Waals surface area contributed by atoms with Crippen LogP contribution in [-0.4, -0.2) is 64.3 Å². The molecule has 1 heterocycles. The molecule has 2 aromatic carbocycles. The molecule has 0 bridgehead atoms. The van der Waals surface area contributed by atoms with E-state index in [1.54, 1.807) is 36.6 Å². The molecule has 2 amide bonds. The van der Waals surface area contributed by atoms with Crippen molar-refractivity contribution in [2.75, 3.05) is 26.2 Å². The van der Waals surface area contributed by atoms with E-state index in [0.717, 1.165) is 31.4 Å². The van der Waals surface area contributed by atoms with Gasteiger partial charge in [0.25, 0.3) is 0 Å². The molecule has 11 heteroatoms. The molecule has 2 aromatic rings. The molecule has 1 N–H and O–H groups in total. The highest BCUT2D eigenvalue weighted by atomic mass is 19.4. The molecule has 2 aliphatic rings. The molecule has 0 spiro atoms. The van der Waals surface area contributed by atoms with E-state index in [1.165, 1.54) is 24.3 Å². The SMILES string of the molecule is CC(C)(C)OC(=O)N1CCN(C(=O)C(c2ccc(OCc3ccc(C(F)(F)F)cc3)c(F)c2)C2(O)CCCCC2)CC1. The van der Waals surface area contributed by atoms with E-state index in [0.29, 0.717) is 24.0 Å². The van der Waals surface area contributed by atoms with Crippen LogP contribution < -0.4 is 4.74 Å². The molecular formula is C31H38F4N2O5. The lowest BCUT2D eigenvalue weighted by Gasteiger charge is -2.43. The van der Waals surface area contributed by atoms with Crippen molar-refractivity contribution in [1.82, 2.24) is 9.80 Å².